The highest BCUT2D eigenvalue weighted by Crippen LogP contribution is 2.43. The largest absolute Gasteiger partial charge is 0.466 e. The third kappa shape index (κ3) is 3.77. The minimum Gasteiger partial charge on any atom is -0.466 e. The van der Waals surface area contributed by atoms with Gasteiger partial charge in [-0.15, -0.1) is 0 Å². The molecule has 0 aliphatic carbocycles. The van der Waals surface area contributed by atoms with Gasteiger partial charge < -0.3 is 20.9 Å². The second-order valence-electron chi connectivity index (χ2n) is 6.75. The van der Waals surface area contributed by atoms with Crippen molar-refractivity contribution in [1.29, 1.82) is 5.26 Å². The van der Waals surface area contributed by atoms with Crippen molar-refractivity contribution in [3.63, 3.8) is 0 Å². The lowest BCUT2D eigenvalue weighted by molar-refractivity contribution is -0.139. The molecule has 1 aliphatic heterocycles. The minimum atomic E-state index is -0.955. The number of hydrogen-bond acceptors (Lipinski definition) is 8. The Hall–Kier alpha value is -4.58. The normalized spacial score (nSPS) is 15.8. The molecule has 4 N–H and O–H groups in total. The first-order valence-electron chi connectivity index (χ1n) is 9.41. The number of amides is 1. The molecular formula is C23H20N4O5. The number of hydrogen-bond donors (Lipinski definition) is 2. The number of allylic oxidation sites excluding steroid dienone is 1. The maximum absolute atomic E-state index is 12.9. The number of nitrogens with two attached hydrogens (primary N) is 2. The van der Waals surface area contributed by atoms with Gasteiger partial charge in [-0.1, -0.05) is 30.3 Å². The van der Waals surface area contributed by atoms with E-state index >= 15 is 0 Å². The summed E-state index contributed by atoms with van der Waals surface area (Å²) in [6.07, 6.45) is 0. The van der Waals surface area contributed by atoms with Crippen molar-refractivity contribution in [3.8, 4) is 6.07 Å². The van der Waals surface area contributed by atoms with E-state index in [1.165, 1.54) is 36.3 Å². The molecule has 1 heterocycles. The summed E-state index contributed by atoms with van der Waals surface area (Å²) >= 11 is 0. The Morgan fingerprint density at radius 2 is 1.56 bits per heavy atom. The minimum absolute atomic E-state index is 0.0447. The zero-order valence-electron chi connectivity index (χ0n) is 17.4. The lowest BCUT2D eigenvalue weighted by Gasteiger charge is -2.35. The third-order valence-electron chi connectivity index (χ3n) is 5.02. The molecule has 0 aromatic heterocycles. The van der Waals surface area contributed by atoms with Gasteiger partial charge >= 0.3 is 11.9 Å². The standard InChI is InChI=1S/C23H20N4O5/c1-31-22(29)18-17(13-6-4-3-5-7-13)16(12-24)20(25)27(19(18)23(30)32-2)15-10-8-14(9-11-15)21(26)28/h3-11,17H,25H2,1-2H3,(H2,26,28). The van der Waals surface area contributed by atoms with Crippen LogP contribution in [0, 0.1) is 11.3 Å². The van der Waals surface area contributed by atoms with Crippen LogP contribution in [0.5, 0.6) is 0 Å². The van der Waals surface area contributed by atoms with E-state index in [1.54, 1.807) is 30.3 Å². The van der Waals surface area contributed by atoms with E-state index < -0.39 is 23.8 Å². The van der Waals surface area contributed by atoms with Crippen molar-refractivity contribution in [2.24, 2.45) is 11.5 Å². The van der Waals surface area contributed by atoms with Crippen LogP contribution in [-0.2, 0) is 19.1 Å². The van der Waals surface area contributed by atoms with Crippen molar-refractivity contribution >= 4 is 23.5 Å². The zero-order valence-corrected chi connectivity index (χ0v) is 17.4. The fourth-order valence-corrected chi connectivity index (χ4v) is 3.56. The van der Waals surface area contributed by atoms with Gasteiger partial charge in [-0.25, -0.2) is 9.59 Å². The van der Waals surface area contributed by atoms with Gasteiger partial charge in [0.15, 0.2) is 0 Å². The summed E-state index contributed by atoms with van der Waals surface area (Å²) in [5.41, 5.74) is 12.5. The number of benzene rings is 2. The predicted molar refractivity (Wildman–Crippen MR) is 115 cm³/mol. The molecule has 3 rings (SSSR count). The SMILES string of the molecule is COC(=O)C1=C(C(=O)OC)N(c2ccc(C(N)=O)cc2)C(N)=C(C#N)C1c1ccccc1. The molecule has 1 aliphatic rings. The number of primary amides is 1. The van der Waals surface area contributed by atoms with Crippen LogP contribution in [0.1, 0.15) is 21.8 Å². The van der Waals surface area contributed by atoms with E-state index in [1.807, 2.05) is 0 Å². The highest BCUT2D eigenvalue weighted by Gasteiger charge is 2.42. The molecule has 1 atom stereocenters. The number of nitrogens with zero attached hydrogens (tertiary/aromatic N) is 2. The topological polar surface area (TPSA) is 149 Å². The van der Waals surface area contributed by atoms with Crippen molar-refractivity contribution < 1.29 is 23.9 Å². The Balaban J connectivity index is 2.36. The molecule has 2 aromatic carbocycles. The van der Waals surface area contributed by atoms with Gasteiger partial charge in [0.05, 0.1) is 37.4 Å². The summed E-state index contributed by atoms with van der Waals surface area (Å²) in [6.45, 7) is 0. The molecule has 0 bridgehead atoms. The highest BCUT2D eigenvalue weighted by atomic mass is 16.5. The maximum Gasteiger partial charge on any atom is 0.355 e. The molecule has 1 unspecified atom stereocenters. The van der Waals surface area contributed by atoms with E-state index in [-0.39, 0.29) is 28.2 Å². The molecule has 162 valence electrons. The summed E-state index contributed by atoms with van der Waals surface area (Å²) in [7, 11) is 2.34. The highest BCUT2D eigenvalue weighted by molar-refractivity contribution is 6.06. The average Bonchev–Trinajstić information content (AvgIpc) is 2.82. The predicted octanol–water partition coefficient (Wildman–Crippen LogP) is 1.68. The number of esters is 2. The van der Waals surface area contributed by atoms with Crippen LogP contribution in [0.25, 0.3) is 0 Å². The van der Waals surface area contributed by atoms with E-state index in [0.717, 1.165) is 7.11 Å². The Morgan fingerprint density at radius 1 is 0.969 bits per heavy atom. The summed E-state index contributed by atoms with van der Waals surface area (Å²) in [5.74, 6) is -3.34. The quantitative estimate of drug-likeness (QED) is 0.678. The fraction of sp³-hybridized carbons (Fsp3) is 0.130. The number of carbonyl (C=O) groups excluding carboxylic acids is 3. The van der Waals surface area contributed by atoms with Crippen LogP contribution in [0.4, 0.5) is 5.69 Å². The van der Waals surface area contributed by atoms with Gasteiger partial charge in [-0.2, -0.15) is 5.26 Å². The molecule has 0 spiro atoms. The molecule has 1 amide bonds. The average molecular weight is 432 g/mol. The fourth-order valence-electron chi connectivity index (χ4n) is 3.56. The van der Waals surface area contributed by atoms with Crippen LogP contribution in [0.2, 0.25) is 0 Å². The van der Waals surface area contributed by atoms with E-state index in [2.05, 4.69) is 6.07 Å². The second kappa shape index (κ2) is 9.06. The Morgan fingerprint density at radius 3 is 2.06 bits per heavy atom. The van der Waals surface area contributed by atoms with Gasteiger partial charge in [0, 0.05) is 11.3 Å². The third-order valence-corrected chi connectivity index (χ3v) is 5.02. The van der Waals surface area contributed by atoms with Gasteiger partial charge in [-0.3, -0.25) is 9.69 Å². The van der Waals surface area contributed by atoms with Crippen molar-refractivity contribution in [2.75, 3.05) is 19.1 Å². The Bertz CT molecular complexity index is 1180. The number of rotatable bonds is 5. The van der Waals surface area contributed by atoms with Crippen molar-refractivity contribution in [2.45, 2.75) is 5.92 Å². The lowest BCUT2D eigenvalue weighted by atomic mass is 9.81. The number of nitriles is 1. The van der Waals surface area contributed by atoms with Crippen LogP contribution in [0.15, 0.2) is 77.3 Å². The molecule has 0 radical (unpaired) electrons. The van der Waals surface area contributed by atoms with Gasteiger partial charge in [0.2, 0.25) is 5.91 Å². The van der Waals surface area contributed by atoms with Crippen LogP contribution < -0.4 is 16.4 Å². The smallest absolute Gasteiger partial charge is 0.355 e. The Labute approximate surface area is 184 Å². The van der Waals surface area contributed by atoms with Crippen LogP contribution in [0.3, 0.4) is 0 Å². The summed E-state index contributed by atoms with van der Waals surface area (Å²) in [5, 5.41) is 9.96. The lowest BCUT2D eigenvalue weighted by Crippen LogP contribution is -2.40. The molecule has 2 aromatic rings. The summed E-state index contributed by atoms with van der Waals surface area (Å²) in [6, 6.07) is 16.6. The first kappa shape index (κ1) is 22.1. The molecule has 9 heteroatoms. The number of anilines is 1. The number of carbonyl (C=O) groups is 3. The monoisotopic (exact) mass is 432 g/mol. The molecular weight excluding hydrogens is 412 g/mol. The van der Waals surface area contributed by atoms with Crippen molar-refractivity contribution in [1.82, 2.24) is 0 Å². The Kier molecular flexibility index (Phi) is 6.26. The molecule has 0 fully saturated rings. The number of ether oxygens (including phenoxy) is 2. The summed E-state index contributed by atoms with van der Waals surface area (Å²) in [4.78, 5) is 38.5. The van der Waals surface area contributed by atoms with E-state index in [9.17, 15) is 19.6 Å². The van der Waals surface area contributed by atoms with Crippen LogP contribution >= 0.6 is 0 Å². The number of methoxy groups -OCH3 is 2. The van der Waals surface area contributed by atoms with E-state index in [4.69, 9.17) is 20.9 Å². The molecule has 9 nitrogen and oxygen atoms in total. The van der Waals surface area contributed by atoms with Gasteiger partial charge in [-0.05, 0) is 29.8 Å². The molecule has 0 saturated heterocycles. The maximum atomic E-state index is 12.9. The van der Waals surface area contributed by atoms with E-state index in [0.29, 0.717) is 11.3 Å². The molecule has 0 saturated carbocycles. The zero-order chi connectivity index (χ0) is 23.4. The van der Waals surface area contributed by atoms with Gasteiger partial charge in [0.25, 0.3) is 0 Å². The summed E-state index contributed by atoms with van der Waals surface area (Å²) < 4.78 is 9.91. The van der Waals surface area contributed by atoms with Crippen LogP contribution in [-0.4, -0.2) is 32.1 Å². The van der Waals surface area contributed by atoms with Crippen molar-refractivity contribution in [3.05, 3.63) is 88.4 Å². The first-order chi connectivity index (χ1) is 15.3. The first-order valence-corrected chi connectivity index (χ1v) is 9.41. The van der Waals surface area contributed by atoms with Gasteiger partial charge in [0.1, 0.15) is 11.5 Å². The molecule has 32 heavy (non-hydrogen) atoms. The second-order valence-corrected chi connectivity index (χ2v) is 6.75.